The average molecular weight is 388 g/mol. The van der Waals surface area contributed by atoms with Crippen molar-refractivity contribution in [3.05, 3.63) is 29.8 Å². The Morgan fingerprint density at radius 3 is 2.11 bits per heavy atom. The second kappa shape index (κ2) is 9.54. The zero-order chi connectivity index (χ0) is 19.2. The summed E-state index contributed by atoms with van der Waals surface area (Å²) >= 11 is 5.61. The Labute approximate surface area is 169 Å². The maximum absolute atomic E-state index is 12.8. The molecule has 1 aromatic rings. The Hall–Kier alpha value is -1.62. The number of thiocarbonyl (C=S) groups is 1. The highest BCUT2D eigenvalue weighted by Crippen LogP contribution is 2.23. The lowest BCUT2D eigenvalue weighted by Crippen LogP contribution is -2.45. The number of piperidine rings is 1. The summed E-state index contributed by atoms with van der Waals surface area (Å²) in [7, 11) is 0. The van der Waals surface area contributed by atoms with Crippen molar-refractivity contribution in [3.63, 3.8) is 0 Å². The van der Waals surface area contributed by atoms with Gasteiger partial charge in [0.15, 0.2) is 5.11 Å². The van der Waals surface area contributed by atoms with Gasteiger partial charge in [-0.05, 0) is 61.5 Å². The number of likely N-dealkylation sites (tertiary alicyclic amines) is 2. The van der Waals surface area contributed by atoms with Gasteiger partial charge in [0.05, 0.1) is 0 Å². The van der Waals surface area contributed by atoms with E-state index in [0.29, 0.717) is 11.8 Å². The molecule has 0 atom stereocenters. The fourth-order valence-corrected chi connectivity index (χ4v) is 4.33. The van der Waals surface area contributed by atoms with E-state index in [2.05, 4.69) is 53.2 Å². The SMILES string of the molecule is CC(C)c1ccc(NC(=S)N2CCC(C(=O)N3CCCCCC3)CC2)cc1. The van der Waals surface area contributed by atoms with E-state index < -0.39 is 0 Å². The van der Waals surface area contributed by atoms with Gasteiger partial charge in [-0.15, -0.1) is 0 Å². The van der Waals surface area contributed by atoms with Crippen molar-refractivity contribution >= 4 is 28.9 Å². The van der Waals surface area contributed by atoms with Gasteiger partial charge < -0.3 is 15.1 Å². The normalized spacial score (nSPS) is 19.1. The number of hydrogen-bond donors (Lipinski definition) is 1. The number of amides is 1. The lowest BCUT2D eigenvalue weighted by atomic mass is 9.95. The minimum atomic E-state index is 0.174. The third-order valence-electron chi connectivity index (χ3n) is 5.88. The Balaban J connectivity index is 1.48. The van der Waals surface area contributed by atoms with Gasteiger partial charge in [-0.3, -0.25) is 4.79 Å². The quantitative estimate of drug-likeness (QED) is 0.768. The fraction of sp³-hybridized carbons (Fsp3) is 0.636. The van der Waals surface area contributed by atoms with Crippen LogP contribution in [0.4, 0.5) is 5.69 Å². The Bertz CT molecular complexity index is 627. The van der Waals surface area contributed by atoms with E-state index in [4.69, 9.17) is 12.2 Å². The number of carbonyl (C=O) groups is 1. The average Bonchev–Trinajstić information content (AvgIpc) is 2.97. The molecule has 0 saturated carbocycles. The molecule has 0 aliphatic carbocycles. The number of carbonyl (C=O) groups excluding carboxylic acids is 1. The molecule has 2 heterocycles. The zero-order valence-corrected chi connectivity index (χ0v) is 17.6. The molecule has 1 amide bonds. The fourth-order valence-electron chi connectivity index (χ4n) is 4.03. The molecule has 27 heavy (non-hydrogen) atoms. The van der Waals surface area contributed by atoms with Gasteiger partial charge in [0.2, 0.25) is 5.91 Å². The van der Waals surface area contributed by atoms with Crippen LogP contribution < -0.4 is 5.32 Å². The summed E-state index contributed by atoms with van der Waals surface area (Å²) in [6, 6.07) is 8.50. The molecular formula is C22H33N3OS. The van der Waals surface area contributed by atoms with Crippen LogP contribution in [0.25, 0.3) is 0 Å². The molecule has 1 aromatic carbocycles. The minimum absolute atomic E-state index is 0.174. The van der Waals surface area contributed by atoms with Crippen LogP contribution in [0.3, 0.4) is 0 Å². The first-order valence-corrected chi connectivity index (χ1v) is 10.9. The van der Waals surface area contributed by atoms with Crippen LogP contribution in [0.15, 0.2) is 24.3 Å². The monoisotopic (exact) mass is 387 g/mol. The van der Waals surface area contributed by atoms with E-state index in [1.807, 2.05) is 0 Å². The summed E-state index contributed by atoms with van der Waals surface area (Å²) in [5.74, 6) is 1.08. The lowest BCUT2D eigenvalue weighted by molar-refractivity contribution is -0.136. The van der Waals surface area contributed by atoms with E-state index in [0.717, 1.165) is 62.7 Å². The van der Waals surface area contributed by atoms with Gasteiger partial charge >= 0.3 is 0 Å². The largest absolute Gasteiger partial charge is 0.349 e. The van der Waals surface area contributed by atoms with Crippen molar-refractivity contribution in [2.75, 3.05) is 31.5 Å². The first kappa shape index (κ1) is 20.1. The highest BCUT2D eigenvalue weighted by Gasteiger charge is 2.29. The van der Waals surface area contributed by atoms with Crippen molar-refractivity contribution in [1.82, 2.24) is 9.80 Å². The molecule has 5 heteroatoms. The van der Waals surface area contributed by atoms with Crippen molar-refractivity contribution in [2.45, 2.75) is 58.3 Å². The molecule has 1 N–H and O–H groups in total. The minimum Gasteiger partial charge on any atom is -0.349 e. The molecule has 0 spiro atoms. The third-order valence-corrected chi connectivity index (χ3v) is 6.24. The Kier molecular flexibility index (Phi) is 7.11. The van der Waals surface area contributed by atoms with Crippen LogP contribution in [-0.4, -0.2) is 47.0 Å². The predicted octanol–water partition coefficient (Wildman–Crippen LogP) is 4.62. The summed E-state index contributed by atoms with van der Waals surface area (Å²) in [4.78, 5) is 17.1. The maximum atomic E-state index is 12.8. The smallest absolute Gasteiger partial charge is 0.225 e. The topological polar surface area (TPSA) is 35.6 Å². The summed E-state index contributed by atoms with van der Waals surface area (Å²) < 4.78 is 0. The first-order valence-electron chi connectivity index (χ1n) is 10.5. The predicted molar refractivity (Wildman–Crippen MR) is 116 cm³/mol. The zero-order valence-electron chi connectivity index (χ0n) is 16.7. The number of benzene rings is 1. The molecular weight excluding hydrogens is 354 g/mol. The summed E-state index contributed by atoms with van der Waals surface area (Å²) in [6.07, 6.45) is 6.66. The number of anilines is 1. The Morgan fingerprint density at radius 1 is 0.963 bits per heavy atom. The first-order chi connectivity index (χ1) is 13.0. The number of hydrogen-bond acceptors (Lipinski definition) is 2. The van der Waals surface area contributed by atoms with Crippen molar-refractivity contribution in [2.24, 2.45) is 5.92 Å². The number of nitrogens with zero attached hydrogens (tertiary/aromatic N) is 2. The third kappa shape index (κ3) is 5.44. The van der Waals surface area contributed by atoms with Gasteiger partial charge in [-0.25, -0.2) is 0 Å². The summed E-state index contributed by atoms with van der Waals surface area (Å²) in [5, 5.41) is 4.13. The summed E-state index contributed by atoms with van der Waals surface area (Å²) in [5.41, 5.74) is 2.37. The van der Waals surface area contributed by atoms with Crippen LogP contribution in [0.5, 0.6) is 0 Å². The molecule has 0 aromatic heterocycles. The summed E-state index contributed by atoms with van der Waals surface area (Å²) in [6.45, 7) is 8.02. The molecule has 3 rings (SSSR count). The maximum Gasteiger partial charge on any atom is 0.225 e. The lowest BCUT2D eigenvalue weighted by Gasteiger charge is -2.35. The molecule has 2 aliphatic rings. The van der Waals surface area contributed by atoms with E-state index in [9.17, 15) is 4.79 Å². The number of rotatable bonds is 3. The molecule has 4 nitrogen and oxygen atoms in total. The molecule has 0 radical (unpaired) electrons. The van der Waals surface area contributed by atoms with E-state index in [1.54, 1.807) is 0 Å². The standard InChI is InChI=1S/C22H33N3OS/c1-17(2)18-7-9-20(10-8-18)23-22(27)25-15-11-19(12-16-25)21(26)24-13-5-3-4-6-14-24/h7-10,17,19H,3-6,11-16H2,1-2H3,(H,23,27). The molecule has 0 unspecified atom stereocenters. The molecule has 2 aliphatic heterocycles. The van der Waals surface area contributed by atoms with Crippen molar-refractivity contribution < 1.29 is 4.79 Å². The van der Waals surface area contributed by atoms with Crippen molar-refractivity contribution in [1.29, 1.82) is 0 Å². The van der Waals surface area contributed by atoms with Crippen LogP contribution in [0.2, 0.25) is 0 Å². The molecule has 2 fully saturated rings. The highest BCUT2D eigenvalue weighted by atomic mass is 32.1. The van der Waals surface area contributed by atoms with Gasteiger partial charge in [0.25, 0.3) is 0 Å². The van der Waals surface area contributed by atoms with Gasteiger partial charge in [0, 0.05) is 37.8 Å². The van der Waals surface area contributed by atoms with Crippen LogP contribution >= 0.6 is 12.2 Å². The molecule has 2 saturated heterocycles. The van der Waals surface area contributed by atoms with E-state index in [1.165, 1.54) is 18.4 Å². The highest BCUT2D eigenvalue weighted by molar-refractivity contribution is 7.80. The molecule has 148 valence electrons. The Morgan fingerprint density at radius 2 is 1.56 bits per heavy atom. The number of nitrogens with one attached hydrogen (secondary N) is 1. The van der Waals surface area contributed by atoms with Crippen LogP contribution in [0.1, 0.15) is 63.9 Å². The van der Waals surface area contributed by atoms with E-state index >= 15 is 0 Å². The second-order valence-corrected chi connectivity index (χ2v) is 8.59. The van der Waals surface area contributed by atoms with Gasteiger partial charge in [-0.1, -0.05) is 38.8 Å². The van der Waals surface area contributed by atoms with Crippen LogP contribution in [-0.2, 0) is 4.79 Å². The van der Waals surface area contributed by atoms with Crippen molar-refractivity contribution in [3.8, 4) is 0 Å². The van der Waals surface area contributed by atoms with Gasteiger partial charge in [0.1, 0.15) is 0 Å². The van der Waals surface area contributed by atoms with E-state index in [-0.39, 0.29) is 5.92 Å². The van der Waals surface area contributed by atoms with Gasteiger partial charge in [-0.2, -0.15) is 0 Å². The molecule has 0 bridgehead atoms. The second-order valence-electron chi connectivity index (χ2n) is 8.21. The van der Waals surface area contributed by atoms with Crippen LogP contribution in [0, 0.1) is 5.92 Å².